The minimum absolute atomic E-state index is 0.0588. The maximum Gasteiger partial charge on any atom is 0.274 e. The van der Waals surface area contributed by atoms with Gasteiger partial charge in [-0.1, -0.05) is 18.2 Å². The zero-order valence-corrected chi connectivity index (χ0v) is 18.6. The van der Waals surface area contributed by atoms with E-state index in [0.29, 0.717) is 28.7 Å². The molecule has 2 heterocycles. The van der Waals surface area contributed by atoms with E-state index in [1.54, 1.807) is 41.0 Å². The summed E-state index contributed by atoms with van der Waals surface area (Å²) in [6, 6.07) is 18.3. The number of nitrogens with one attached hydrogen (secondary N) is 1. The van der Waals surface area contributed by atoms with Gasteiger partial charge in [-0.25, -0.2) is 4.98 Å². The van der Waals surface area contributed by atoms with Crippen LogP contribution in [-0.2, 0) is 10.5 Å². The first-order valence-electron chi connectivity index (χ1n) is 10.2. The van der Waals surface area contributed by atoms with Gasteiger partial charge in [0.2, 0.25) is 0 Å². The van der Waals surface area contributed by atoms with E-state index in [2.05, 4.69) is 15.3 Å². The van der Waals surface area contributed by atoms with Crippen LogP contribution in [0.4, 0.5) is 5.69 Å². The number of benzene rings is 2. The molecular weight excluding hydrogens is 426 g/mol. The average Bonchev–Trinajstić information content (AvgIpc) is 3.23. The van der Waals surface area contributed by atoms with Crippen LogP contribution in [-0.4, -0.2) is 31.7 Å². The van der Waals surface area contributed by atoms with Gasteiger partial charge in [-0.3, -0.25) is 14.3 Å². The van der Waals surface area contributed by atoms with Gasteiger partial charge < -0.3 is 10.1 Å². The first kappa shape index (κ1) is 21.6. The van der Waals surface area contributed by atoms with Crippen LogP contribution in [0.2, 0.25) is 0 Å². The molecule has 0 spiro atoms. The lowest BCUT2D eigenvalue weighted by atomic mass is 10.3. The second-order valence-electron chi connectivity index (χ2n) is 7.38. The first-order valence-corrected chi connectivity index (χ1v) is 11.1. The molecule has 0 saturated carbocycles. The Morgan fingerprint density at radius 1 is 1.12 bits per heavy atom. The van der Waals surface area contributed by atoms with Crippen LogP contribution in [0, 0.1) is 0 Å². The van der Waals surface area contributed by atoms with E-state index in [9.17, 15) is 9.59 Å². The number of ether oxygens (including phenoxy) is 1. The summed E-state index contributed by atoms with van der Waals surface area (Å²) in [7, 11) is 0. The van der Waals surface area contributed by atoms with Gasteiger partial charge in [0, 0.05) is 28.4 Å². The van der Waals surface area contributed by atoms with Crippen molar-refractivity contribution in [3.63, 3.8) is 0 Å². The highest BCUT2D eigenvalue weighted by molar-refractivity contribution is 7.98. The molecule has 164 valence electrons. The molecule has 8 nitrogen and oxygen atoms in total. The number of aromatic nitrogens is 4. The van der Waals surface area contributed by atoms with Crippen LogP contribution >= 0.6 is 11.8 Å². The summed E-state index contributed by atoms with van der Waals surface area (Å²) in [5, 5.41) is 2.81. The molecule has 0 aliphatic carbocycles. The van der Waals surface area contributed by atoms with Gasteiger partial charge >= 0.3 is 0 Å². The number of hydrogen-bond donors (Lipinski definition) is 1. The Kier molecular flexibility index (Phi) is 6.55. The molecule has 1 amide bonds. The maximum atomic E-state index is 12.5. The van der Waals surface area contributed by atoms with Crippen LogP contribution in [0.3, 0.4) is 0 Å². The lowest BCUT2D eigenvalue weighted by Crippen LogP contribution is -2.22. The van der Waals surface area contributed by atoms with E-state index in [0.717, 1.165) is 4.90 Å². The molecule has 0 saturated heterocycles. The number of anilines is 1. The largest absolute Gasteiger partial charge is 0.484 e. The third-order valence-corrected chi connectivity index (χ3v) is 5.67. The molecular formula is C23H23N5O3S. The quantitative estimate of drug-likeness (QED) is 0.412. The van der Waals surface area contributed by atoms with E-state index < -0.39 is 0 Å². The van der Waals surface area contributed by atoms with Crippen molar-refractivity contribution in [2.24, 2.45) is 0 Å². The van der Waals surface area contributed by atoms with Crippen LogP contribution in [0.1, 0.15) is 25.6 Å². The normalized spacial score (nSPS) is 11.1. The van der Waals surface area contributed by atoms with Crippen molar-refractivity contribution in [1.29, 1.82) is 0 Å². The molecule has 0 aliphatic rings. The summed E-state index contributed by atoms with van der Waals surface area (Å²) in [5.74, 6) is 1.36. The summed E-state index contributed by atoms with van der Waals surface area (Å²) in [4.78, 5) is 34.3. The Morgan fingerprint density at radius 3 is 2.59 bits per heavy atom. The van der Waals surface area contributed by atoms with Gasteiger partial charge in [-0.15, -0.1) is 11.8 Å². The fourth-order valence-corrected chi connectivity index (χ4v) is 3.86. The molecule has 0 fully saturated rings. The lowest BCUT2D eigenvalue weighted by Gasteiger charge is -2.09. The van der Waals surface area contributed by atoms with Gasteiger partial charge in [0.1, 0.15) is 12.1 Å². The number of carbonyl (C=O) groups excluding carboxylic acids is 1. The molecule has 4 aromatic rings. The van der Waals surface area contributed by atoms with Gasteiger partial charge in [0.15, 0.2) is 6.61 Å². The second-order valence-corrected chi connectivity index (χ2v) is 8.43. The van der Waals surface area contributed by atoms with Crippen molar-refractivity contribution in [3.05, 3.63) is 83.0 Å². The van der Waals surface area contributed by atoms with Crippen molar-refractivity contribution >= 4 is 29.1 Å². The van der Waals surface area contributed by atoms with E-state index in [4.69, 9.17) is 4.74 Å². The van der Waals surface area contributed by atoms with E-state index >= 15 is 0 Å². The third-order valence-electron chi connectivity index (χ3n) is 4.62. The van der Waals surface area contributed by atoms with E-state index in [1.807, 2.05) is 56.3 Å². The number of para-hydroxylation sites is 1. The Hall–Kier alpha value is -3.59. The predicted molar refractivity (Wildman–Crippen MR) is 124 cm³/mol. The van der Waals surface area contributed by atoms with Gasteiger partial charge in [0.05, 0.1) is 5.69 Å². The molecule has 0 bridgehead atoms. The number of fused-ring (bicyclic) bond motifs is 1. The molecule has 1 N–H and O–H groups in total. The maximum absolute atomic E-state index is 12.5. The molecule has 0 unspecified atom stereocenters. The number of hydrogen-bond acceptors (Lipinski definition) is 6. The Balaban J connectivity index is 1.33. The summed E-state index contributed by atoms with van der Waals surface area (Å²) in [6.07, 6.45) is 1.63. The molecule has 9 heteroatoms. The Bertz CT molecular complexity index is 1270. The molecule has 2 aromatic carbocycles. The minimum atomic E-state index is -0.229. The van der Waals surface area contributed by atoms with Gasteiger partial charge in [-0.2, -0.15) is 9.50 Å². The highest BCUT2D eigenvalue weighted by atomic mass is 32.2. The number of rotatable bonds is 8. The summed E-state index contributed by atoms with van der Waals surface area (Å²) in [5.41, 5.74) is 1.21. The number of carbonyl (C=O) groups is 1. The summed E-state index contributed by atoms with van der Waals surface area (Å²) < 4.78 is 8.70. The SMILES string of the molecule is CC(C)n1cnc2nc(CSc3ccc(NC(=O)COc4ccccc4)cc3)cc(=O)n21. The third kappa shape index (κ3) is 5.17. The average molecular weight is 450 g/mol. The van der Waals surface area contributed by atoms with E-state index in [-0.39, 0.29) is 24.1 Å². The number of amides is 1. The van der Waals surface area contributed by atoms with Crippen LogP contribution < -0.4 is 15.6 Å². The van der Waals surface area contributed by atoms with Crippen molar-refractivity contribution in [1.82, 2.24) is 19.2 Å². The highest BCUT2D eigenvalue weighted by Gasteiger charge is 2.10. The van der Waals surface area contributed by atoms with Crippen LogP contribution in [0.15, 0.2) is 76.7 Å². The Morgan fingerprint density at radius 2 is 1.88 bits per heavy atom. The van der Waals surface area contributed by atoms with Crippen molar-refractivity contribution < 1.29 is 9.53 Å². The predicted octanol–water partition coefficient (Wildman–Crippen LogP) is 3.78. The fraction of sp³-hybridized carbons (Fsp3) is 0.217. The Labute approximate surface area is 189 Å². The van der Waals surface area contributed by atoms with Gasteiger partial charge in [0.25, 0.3) is 17.2 Å². The summed E-state index contributed by atoms with van der Waals surface area (Å²) in [6.45, 7) is 3.91. The lowest BCUT2D eigenvalue weighted by molar-refractivity contribution is -0.118. The number of thioether (sulfide) groups is 1. The monoisotopic (exact) mass is 449 g/mol. The van der Waals surface area contributed by atoms with E-state index in [1.165, 1.54) is 4.52 Å². The van der Waals surface area contributed by atoms with Crippen molar-refractivity contribution in [2.75, 3.05) is 11.9 Å². The van der Waals surface area contributed by atoms with Crippen LogP contribution in [0.25, 0.3) is 5.78 Å². The molecule has 2 aromatic heterocycles. The molecule has 4 rings (SSSR count). The molecule has 32 heavy (non-hydrogen) atoms. The summed E-state index contributed by atoms with van der Waals surface area (Å²) >= 11 is 1.56. The molecule has 0 aliphatic heterocycles. The topological polar surface area (TPSA) is 90.5 Å². The second kappa shape index (κ2) is 9.69. The first-order chi connectivity index (χ1) is 15.5. The molecule has 0 atom stereocenters. The van der Waals surface area contributed by atoms with Crippen molar-refractivity contribution in [2.45, 2.75) is 30.5 Å². The number of nitrogens with zero attached hydrogens (tertiary/aromatic N) is 4. The van der Waals surface area contributed by atoms with Crippen molar-refractivity contribution in [3.8, 4) is 5.75 Å². The zero-order chi connectivity index (χ0) is 22.5. The smallest absolute Gasteiger partial charge is 0.274 e. The standard InChI is InChI=1S/C23H23N5O3S/c1-16(2)27-15-24-23-26-18(12-22(30)28(23)27)14-32-20-10-8-17(9-11-20)25-21(29)13-31-19-6-4-3-5-7-19/h3-12,15-16H,13-14H2,1-2H3,(H,25,29). The zero-order valence-electron chi connectivity index (χ0n) is 17.8. The highest BCUT2D eigenvalue weighted by Crippen LogP contribution is 2.23. The fourth-order valence-electron chi connectivity index (χ4n) is 3.07. The molecule has 0 radical (unpaired) electrons. The minimum Gasteiger partial charge on any atom is -0.484 e. The van der Waals surface area contributed by atoms with Gasteiger partial charge in [-0.05, 0) is 50.2 Å². The van der Waals surface area contributed by atoms with Crippen LogP contribution in [0.5, 0.6) is 5.75 Å².